The van der Waals surface area contributed by atoms with Gasteiger partial charge in [0.2, 0.25) is 0 Å². The van der Waals surface area contributed by atoms with Crippen LogP contribution in [0, 0.1) is 6.92 Å². The van der Waals surface area contributed by atoms with E-state index in [1.807, 2.05) is 19.1 Å². The van der Waals surface area contributed by atoms with Crippen LogP contribution >= 0.6 is 0 Å². The number of phenolic OH excluding ortho intramolecular Hbond substituents is 1. The topological polar surface area (TPSA) is 96.3 Å². The van der Waals surface area contributed by atoms with E-state index >= 15 is 0 Å². The first-order valence-electron chi connectivity index (χ1n) is 10.2. The number of hydrogen-bond acceptors (Lipinski definition) is 6. The molecule has 4 rings (SSSR count). The van der Waals surface area contributed by atoms with E-state index in [4.69, 9.17) is 9.47 Å². The van der Waals surface area contributed by atoms with Gasteiger partial charge in [0.1, 0.15) is 11.5 Å². The molecule has 0 aliphatic carbocycles. The Morgan fingerprint density at radius 3 is 2.24 bits per heavy atom. The number of Topliss-reactive ketones (excluding diaryl/α,β-unsaturated/α-hetero) is 1. The molecule has 1 atom stereocenters. The monoisotopic (exact) mass is 445 g/mol. The lowest BCUT2D eigenvalue weighted by Crippen LogP contribution is -2.29. The van der Waals surface area contributed by atoms with Gasteiger partial charge in [-0.3, -0.25) is 14.5 Å². The Labute approximate surface area is 191 Å². The fourth-order valence-electron chi connectivity index (χ4n) is 3.95. The number of ketones is 1. The minimum atomic E-state index is -0.937. The van der Waals surface area contributed by atoms with Gasteiger partial charge in [0.05, 0.1) is 25.8 Å². The number of ether oxygens (including phenoxy) is 2. The van der Waals surface area contributed by atoms with Crippen molar-refractivity contribution in [3.8, 4) is 17.2 Å². The van der Waals surface area contributed by atoms with Crippen molar-refractivity contribution in [1.29, 1.82) is 0 Å². The lowest BCUT2D eigenvalue weighted by Gasteiger charge is -2.25. The number of aryl methyl sites for hydroxylation is 1. The number of aliphatic hydroxyl groups excluding tert-OH is 1. The Hall–Kier alpha value is -4.26. The molecule has 1 saturated heterocycles. The number of phenols is 1. The van der Waals surface area contributed by atoms with Gasteiger partial charge in [0.25, 0.3) is 11.7 Å². The smallest absolute Gasteiger partial charge is 0.300 e. The first-order valence-corrected chi connectivity index (χ1v) is 10.2. The Bertz CT molecular complexity index is 1260. The Kier molecular flexibility index (Phi) is 5.79. The van der Waals surface area contributed by atoms with Crippen LogP contribution in [0.5, 0.6) is 17.2 Å². The van der Waals surface area contributed by atoms with E-state index in [2.05, 4.69) is 0 Å². The van der Waals surface area contributed by atoms with Crippen LogP contribution in [0.3, 0.4) is 0 Å². The van der Waals surface area contributed by atoms with E-state index in [1.165, 1.54) is 37.3 Å². The maximum Gasteiger partial charge on any atom is 0.300 e. The number of nitrogens with zero attached hydrogens (tertiary/aromatic N) is 1. The molecule has 0 radical (unpaired) electrons. The summed E-state index contributed by atoms with van der Waals surface area (Å²) < 4.78 is 10.6. The summed E-state index contributed by atoms with van der Waals surface area (Å²) >= 11 is 0. The van der Waals surface area contributed by atoms with Gasteiger partial charge in [-0.15, -0.1) is 0 Å². The maximum atomic E-state index is 13.2. The third-order valence-corrected chi connectivity index (χ3v) is 5.60. The van der Waals surface area contributed by atoms with E-state index < -0.39 is 17.7 Å². The standard InChI is InChI=1S/C26H23NO6/c1-15-7-10-18(11-8-15)27-23(16-5-4-6-19(28)13-16)22(25(30)26(27)31)24(29)17-9-12-20(32-2)21(14-17)33-3/h4-14,23,28-29H,1-3H3/b24-22-. The van der Waals surface area contributed by atoms with Gasteiger partial charge in [-0.1, -0.05) is 29.8 Å². The molecule has 0 aromatic heterocycles. The molecule has 0 bridgehead atoms. The van der Waals surface area contributed by atoms with Crippen molar-refractivity contribution < 1.29 is 29.3 Å². The molecule has 1 unspecified atom stereocenters. The van der Waals surface area contributed by atoms with E-state index in [9.17, 15) is 19.8 Å². The molecule has 33 heavy (non-hydrogen) atoms. The first kappa shape index (κ1) is 22.0. The number of benzene rings is 3. The number of amides is 1. The van der Waals surface area contributed by atoms with Crippen molar-refractivity contribution >= 4 is 23.1 Å². The van der Waals surface area contributed by atoms with Crippen molar-refractivity contribution in [2.24, 2.45) is 0 Å². The van der Waals surface area contributed by atoms with Crippen LogP contribution in [0.4, 0.5) is 5.69 Å². The van der Waals surface area contributed by atoms with Crippen LogP contribution in [0.15, 0.2) is 72.3 Å². The summed E-state index contributed by atoms with van der Waals surface area (Å²) in [5.74, 6) is -1.14. The molecule has 7 heteroatoms. The third kappa shape index (κ3) is 3.89. The van der Waals surface area contributed by atoms with Gasteiger partial charge in [-0.05, 0) is 55.0 Å². The minimum Gasteiger partial charge on any atom is -0.508 e. The number of aliphatic hydroxyl groups is 1. The van der Waals surface area contributed by atoms with Gasteiger partial charge in [0.15, 0.2) is 11.5 Å². The van der Waals surface area contributed by atoms with Crippen LogP contribution in [0.1, 0.15) is 22.7 Å². The van der Waals surface area contributed by atoms with Gasteiger partial charge in [-0.2, -0.15) is 0 Å². The van der Waals surface area contributed by atoms with E-state index in [0.29, 0.717) is 28.3 Å². The molecule has 168 valence electrons. The SMILES string of the molecule is COc1ccc(/C(O)=C2/C(=O)C(=O)N(c3ccc(C)cc3)C2c2cccc(O)c2)cc1OC. The summed E-state index contributed by atoms with van der Waals surface area (Å²) in [4.78, 5) is 27.7. The number of methoxy groups -OCH3 is 2. The average Bonchev–Trinajstić information content (AvgIpc) is 3.09. The summed E-state index contributed by atoms with van der Waals surface area (Å²) in [6.07, 6.45) is 0. The normalized spacial score (nSPS) is 17.3. The van der Waals surface area contributed by atoms with Crippen molar-refractivity contribution in [3.05, 3.63) is 89.0 Å². The highest BCUT2D eigenvalue weighted by molar-refractivity contribution is 6.51. The molecule has 3 aromatic carbocycles. The second-order valence-electron chi connectivity index (χ2n) is 7.67. The Morgan fingerprint density at radius 2 is 1.61 bits per heavy atom. The minimum absolute atomic E-state index is 0.0203. The molecule has 1 amide bonds. The number of anilines is 1. The quantitative estimate of drug-likeness (QED) is 0.345. The Morgan fingerprint density at radius 1 is 0.909 bits per heavy atom. The van der Waals surface area contributed by atoms with E-state index in [0.717, 1.165) is 5.56 Å². The van der Waals surface area contributed by atoms with Crippen LogP contribution in [-0.2, 0) is 9.59 Å². The van der Waals surface area contributed by atoms with Crippen molar-refractivity contribution in [1.82, 2.24) is 0 Å². The van der Waals surface area contributed by atoms with Crippen LogP contribution in [0.2, 0.25) is 0 Å². The summed E-state index contributed by atoms with van der Waals surface area (Å²) in [6, 6.07) is 17.2. The molecule has 1 fully saturated rings. The van der Waals surface area contributed by atoms with Crippen LogP contribution in [0.25, 0.3) is 5.76 Å². The second kappa shape index (κ2) is 8.70. The van der Waals surface area contributed by atoms with Gasteiger partial charge >= 0.3 is 0 Å². The van der Waals surface area contributed by atoms with E-state index in [-0.39, 0.29) is 17.1 Å². The number of rotatable bonds is 5. The molecule has 1 aliphatic rings. The molecule has 0 spiro atoms. The molecule has 1 aliphatic heterocycles. The molecule has 3 aromatic rings. The van der Waals surface area contributed by atoms with Crippen LogP contribution in [-0.4, -0.2) is 36.1 Å². The third-order valence-electron chi connectivity index (χ3n) is 5.60. The summed E-state index contributed by atoms with van der Waals surface area (Å²) in [6.45, 7) is 1.92. The predicted octanol–water partition coefficient (Wildman–Crippen LogP) is 4.34. The van der Waals surface area contributed by atoms with Crippen molar-refractivity contribution in [2.45, 2.75) is 13.0 Å². The van der Waals surface area contributed by atoms with E-state index in [1.54, 1.807) is 36.4 Å². The van der Waals surface area contributed by atoms with Crippen LogP contribution < -0.4 is 14.4 Å². The number of carbonyl (C=O) groups is 2. The summed E-state index contributed by atoms with van der Waals surface area (Å²) in [5.41, 5.74) is 2.19. The summed E-state index contributed by atoms with van der Waals surface area (Å²) in [7, 11) is 2.96. The Balaban J connectivity index is 1.94. The highest BCUT2D eigenvalue weighted by Crippen LogP contribution is 2.43. The number of carbonyl (C=O) groups excluding carboxylic acids is 2. The average molecular weight is 445 g/mol. The first-order chi connectivity index (χ1) is 15.8. The fraction of sp³-hybridized carbons (Fsp3) is 0.154. The predicted molar refractivity (Wildman–Crippen MR) is 124 cm³/mol. The molecule has 0 saturated carbocycles. The lowest BCUT2D eigenvalue weighted by molar-refractivity contribution is -0.132. The largest absolute Gasteiger partial charge is 0.508 e. The van der Waals surface area contributed by atoms with Crippen molar-refractivity contribution in [3.63, 3.8) is 0 Å². The van der Waals surface area contributed by atoms with Crippen molar-refractivity contribution in [2.75, 3.05) is 19.1 Å². The molecular weight excluding hydrogens is 422 g/mol. The van der Waals surface area contributed by atoms with Gasteiger partial charge in [0, 0.05) is 11.3 Å². The second-order valence-corrected chi connectivity index (χ2v) is 7.67. The highest BCUT2D eigenvalue weighted by Gasteiger charge is 2.47. The highest BCUT2D eigenvalue weighted by atomic mass is 16.5. The lowest BCUT2D eigenvalue weighted by atomic mass is 9.94. The fourth-order valence-corrected chi connectivity index (χ4v) is 3.95. The van der Waals surface area contributed by atoms with Gasteiger partial charge in [-0.25, -0.2) is 0 Å². The number of aromatic hydroxyl groups is 1. The molecule has 1 heterocycles. The molecule has 2 N–H and O–H groups in total. The zero-order valence-corrected chi connectivity index (χ0v) is 18.4. The maximum absolute atomic E-state index is 13.2. The van der Waals surface area contributed by atoms with Gasteiger partial charge < -0.3 is 19.7 Å². The molecular formula is C26H23NO6. The zero-order valence-electron chi connectivity index (χ0n) is 18.4. The molecule has 7 nitrogen and oxygen atoms in total. The zero-order chi connectivity index (χ0) is 23.7. The number of hydrogen-bond donors (Lipinski definition) is 2. The summed E-state index contributed by atoms with van der Waals surface area (Å²) in [5, 5.41) is 21.3.